The highest BCUT2D eigenvalue weighted by Gasteiger charge is 2.12. The van der Waals surface area contributed by atoms with Crippen LogP contribution in [0.4, 0.5) is 5.82 Å². The fourth-order valence-electron chi connectivity index (χ4n) is 2.36. The van der Waals surface area contributed by atoms with Crippen molar-refractivity contribution in [3.05, 3.63) is 24.0 Å². The van der Waals surface area contributed by atoms with Crippen molar-refractivity contribution >= 4 is 11.5 Å². The predicted molar refractivity (Wildman–Crippen MR) is 83.2 cm³/mol. The van der Waals surface area contributed by atoms with Gasteiger partial charge in [-0.15, -0.1) is 0 Å². The minimum Gasteiger partial charge on any atom is -0.368 e. The highest BCUT2D eigenvalue weighted by atomic mass is 15.3. The van der Waals surface area contributed by atoms with Crippen molar-refractivity contribution in [2.75, 3.05) is 25.5 Å². The lowest BCUT2D eigenvalue weighted by atomic mass is 10.2. The maximum Gasteiger partial charge on any atom is 0.157 e. The molecule has 0 aliphatic carbocycles. The van der Waals surface area contributed by atoms with Gasteiger partial charge in [0.15, 0.2) is 5.65 Å². The van der Waals surface area contributed by atoms with E-state index in [0.29, 0.717) is 6.04 Å². The number of fused-ring (bicyclic) bond motifs is 1. The summed E-state index contributed by atoms with van der Waals surface area (Å²) in [6.45, 7) is 8.53. The fraction of sp³-hybridized carbons (Fsp3) is 0.600. The Morgan fingerprint density at radius 2 is 2.15 bits per heavy atom. The molecule has 0 saturated carbocycles. The Bertz CT molecular complexity index is 548. The Morgan fingerprint density at radius 3 is 2.80 bits per heavy atom. The molecule has 0 unspecified atom stereocenters. The standard InChI is InChI=1S/C15H25N5/c1-5-12-10-15(20-14(18-12)8-9-17-20)16-11-13(6-2)19(4)7-3/h8-10,13,16H,5-7,11H2,1-4H3/t13-/m0/s1. The lowest BCUT2D eigenvalue weighted by Crippen LogP contribution is -2.36. The lowest BCUT2D eigenvalue weighted by molar-refractivity contribution is 0.257. The topological polar surface area (TPSA) is 45.5 Å². The van der Waals surface area contributed by atoms with Gasteiger partial charge in [-0.25, -0.2) is 4.98 Å². The molecule has 2 aromatic heterocycles. The van der Waals surface area contributed by atoms with Gasteiger partial charge in [-0.3, -0.25) is 0 Å². The van der Waals surface area contributed by atoms with Crippen molar-refractivity contribution in [2.45, 2.75) is 39.7 Å². The molecule has 1 N–H and O–H groups in total. The third kappa shape index (κ3) is 3.10. The lowest BCUT2D eigenvalue weighted by Gasteiger charge is -2.26. The summed E-state index contributed by atoms with van der Waals surface area (Å²) in [4.78, 5) is 6.93. The smallest absolute Gasteiger partial charge is 0.157 e. The van der Waals surface area contributed by atoms with Gasteiger partial charge in [-0.2, -0.15) is 9.61 Å². The maximum atomic E-state index is 4.56. The molecular formula is C15H25N5. The minimum absolute atomic E-state index is 0.531. The molecule has 1 atom stereocenters. The molecule has 5 nitrogen and oxygen atoms in total. The Morgan fingerprint density at radius 1 is 1.35 bits per heavy atom. The van der Waals surface area contributed by atoms with Crippen molar-refractivity contribution < 1.29 is 0 Å². The number of anilines is 1. The first kappa shape index (κ1) is 14.8. The van der Waals surface area contributed by atoms with Crippen molar-refractivity contribution in [3.63, 3.8) is 0 Å². The number of aryl methyl sites for hydroxylation is 1. The average Bonchev–Trinajstić information content (AvgIpc) is 2.95. The van der Waals surface area contributed by atoms with E-state index in [2.05, 4.69) is 54.2 Å². The SMILES string of the molecule is CCc1cc(NC[C@H](CC)N(C)CC)n2nccc2n1. The van der Waals surface area contributed by atoms with Crippen molar-refractivity contribution in [1.29, 1.82) is 0 Å². The number of nitrogens with zero attached hydrogens (tertiary/aromatic N) is 4. The molecule has 2 aromatic rings. The van der Waals surface area contributed by atoms with Crippen LogP contribution in [0.3, 0.4) is 0 Å². The summed E-state index contributed by atoms with van der Waals surface area (Å²) in [7, 11) is 2.17. The van der Waals surface area contributed by atoms with Gasteiger partial charge in [0.25, 0.3) is 0 Å². The number of nitrogens with one attached hydrogen (secondary N) is 1. The van der Waals surface area contributed by atoms with Crippen molar-refractivity contribution in [3.8, 4) is 0 Å². The molecule has 0 aliphatic rings. The average molecular weight is 275 g/mol. The van der Waals surface area contributed by atoms with Crippen LogP contribution in [0.15, 0.2) is 18.3 Å². The molecular weight excluding hydrogens is 250 g/mol. The van der Waals surface area contributed by atoms with Gasteiger partial charge in [-0.1, -0.05) is 20.8 Å². The molecule has 0 aliphatic heterocycles. The van der Waals surface area contributed by atoms with Gasteiger partial charge < -0.3 is 10.2 Å². The molecule has 0 saturated heterocycles. The van der Waals surface area contributed by atoms with E-state index in [1.807, 2.05) is 10.6 Å². The van der Waals surface area contributed by atoms with E-state index in [-0.39, 0.29) is 0 Å². The molecule has 0 amide bonds. The van der Waals surface area contributed by atoms with E-state index in [1.165, 1.54) is 0 Å². The third-order valence-electron chi connectivity index (χ3n) is 3.89. The van der Waals surface area contributed by atoms with E-state index in [4.69, 9.17) is 0 Å². The molecule has 0 bridgehead atoms. The second-order valence-electron chi connectivity index (χ2n) is 5.10. The van der Waals surface area contributed by atoms with Gasteiger partial charge in [0, 0.05) is 30.4 Å². The summed E-state index contributed by atoms with van der Waals surface area (Å²) in [6, 6.07) is 4.57. The predicted octanol–water partition coefficient (Wildman–Crippen LogP) is 2.43. The first-order chi connectivity index (χ1) is 9.69. The summed E-state index contributed by atoms with van der Waals surface area (Å²) in [5.74, 6) is 1.03. The molecule has 2 rings (SSSR count). The van der Waals surface area contributed by atoms with Crippen LogP contribution in [0.2, 0.25) is 0 Å². The van der Waals surface area contributed by atoms with E-state index >= 15 is 0 Å². The normalized spacial score (nSPS) is 13.1. The van der Waals surface area contributed by atoms with Gasteiger partial charge in [0.2, 0.25) is 0 Å². The zero-order chi connectivity index (χ0) is 14.5. The van der Waals surface area contributed by atoms with E-state index < -0.39 is 0 Å². The van der Waals surface area contributed by atoms with Gasteiger partial charge in [0.05, 0.1) is 6.20 Å². The second kappa shape index (κ2) is 6.70. The molecule has 0 spiro atoms. The first-order valence-electron chi connectivity index (χ1n) is 7.47. The quantitative estimate of drug-likeness (QED) is 0.843. The van der Waals surface area contributed by atoms with Gasteiger partial charge in [-0.05, 0) is 26.4 Å². The summed E-state index contributed by atoms with van der Waals surface area (Å²) in [5.41, 5.74) is 2.00. The Hall–Kier alpha value is -1.62. The summed E-state index contributed by atoms with van der Waals surface area (Å²) < 4.78 is 1.87. The van der Waals surface area contributed by atoms with Crippen LogP contribution in [-0.4, -0.2) is 45.7 Å². The Kier molecular flexibility index (Phi) is 4.95. The molecule has 20 heavy (non-hydrogen) atoms. The third-order valence-corrected chi connectivity index (χ3v) is 3.89. The number of likely N-dealkylation sites (N-methyl/N-ethyl adjacent to an activating group) is 1. The van der Waals surface area contributed by atoms with E-state index in [0.717, 1.165) is 43.1 Å². The number of hydrogen-bond acceptors (Lipinski definition) is 4. The first-order valence-corrected chi connectivity index (χ1v) is 7.47. The van der Waals surface area contributed by atoms with E-state index in [1.54, 1.807) is 6.20 Å². The summed E-state index contributed by atoms with van der Waals surface area (Å²) >= 11 is 0. The molecule has 0 fully saturated rings. The van der Waals surface area contributed by atoms with Crippen LogP contribution < -0.4 is 5.32 Å². The van der Waals surface area contributed by atoms with Crippen molar-refractivity contribution in [1.82, 2.24) is 19.5 Å². The summed E-state index contributed by atoms with van der Waals surface area (Å²) in [6.07, 6.45) is 3.86. The number of hydrogen-bond donors (Lipinski definition) is 1. The zero-order valence-corrected chi connectivity index (χ0v) is 12.9. The van der Waals surface area contributed by atoms with Gasteiger partial charge in [0.1, 0.15) is 5.82 Å². The molecule has 0 radical (unpaired) electrons. The Balaban J connectivity index is 2.18. The zero-order valence-electron chi connectivity index (χ0n) is 12.9. The second-order valence-corrected chi connectivity index (χ2v) is 5.10. The highest BCUT2D eigenvalue weighted by Crippen LogP contribution is 2.13. The number of rotatable bonds is 7. The van der Waals surface area contributed by atoms with E-state index in [9.17, 15) is 0 Å². The fourth-order valence-corrected chi connectivity index (χ4v) is 2.36. The van der Waals surface area contributed by atoms with Crippen LogP contribution in [0.25, 0.3) is 5.65 Å². The molecule has 0 aromatic carbocycles. The Labute approximate surface area is 121 Å². The largest absolute Gasteiger partial charge is 0.368 e. The van der Waals surface area contributed by atoms with Crippen LogP contribution in [0.1, 0.15) is 32.9 Å². The molecule has 5 heteroatoms. The monoisotopic (exact) mass is 275 g/mol. The van der Waals surface area contributed by atoms with Crippen LogP contribution in [0.5, 0.6) is 0 Å². The maximum absolute atomic E-state index is 4.56. The van der Waals surface area contributed by atoms with Crippen molar-refractivity contribution in [2.24, 2.45) is 0 Å². The highest BCUT2D eigenvalue weighted by molar-refractivity contribution is 5.49. The van der Waals surface area contributed by atoms with Crippen LogP contribution >= 0.6 is 0 Å². The minimum atomic E-state index is 0.531. The molecule has 110 valence electrons. The van der Waals surface area contributed by atoms with Crippen LogP contribution in [0, 0.1) is 0 Å². The van der Waals surface area contributed by atoms with Crippen LogP contribution in [-0.2, 0) is 6.42 Å². The number of aromatic nitrogens is 3. The molecule has 2 heterocycles. The van der Waals surface area contributed by atoms with Gasteiger partial charge >= 0.3 is 0 Å². The summed E-state index contributed by atoms with van der Waals surface area (Å²) in [5, 5.41) is 7.87.